The first kappa shape index (κ1) is 11.0. The smallest absolute Gasteiger partial charge is 0.223 e. The Morgan fingerprint density at radius 2 is 1.67 bits per heavy atom. The van der Waals surface area contributed by atoms with Gasteiger partial charge in [-0.2, -0.15) is 0 Å². The summed E-state index contributed by atoms with van der Waals surface area (Å²) in [6, 6.07) is 0.528. The normalized spacial score (nSPS) is 31.7. The predicted molar refractivity (Wildman–Crippen MR) is 61.5 cm³/mol. The number of carbonyl (C=O) groups is 1. The molecule has 0 saturated heterocycles. The van der Waals surface area contributed by atoms with Gasteiger partial charge in [0, 0.05) is 12.0 Å². The topological polar surface area (TPSA) is 29.1 Å². The summed E-state index contributed by atoms with van der Waals surface area (Å²) in [5.74, 6) is 2.30. The maximum atomic E-state index is 11.8. The van der Waals surface area contributed by atoms with Crippen LogP contribution in [-0.4, -0.2) is 11.9 Å². The number of hydrogen-bond acceptors (Lipinski definition) is 1. The van der Waals surface area contributed by atoms with Crippen LogP contribution < -0.4 is 5.32 Å². The summed E-state index contributed by atoms with van der Waals surface area (Å²) in [6.07, 6.45) is 7.13. The van der Waals surface area contributed by atoms with Crippen molar-refractivity contribution in [1.82, 2.24) is 5.32 Å². The highest BCUT2D eigenvalue weighted by atomic mass is 16.2. The van der Waals surface area contributed by atoms with Gasteiger partial charge in [-0.25, -0.2) is 0 Å². The molecule has 2 aliphatic rings. The molecule has 1 amide bonds. The van der Waals surface area contributed by atoms with E-state index in [0.29, 0.717) is 17.9 Å². The van der Waals surface area contributed by atoms with Crippen LogP contribution in [0.5, 0.6) is 0 Å². The van der Waals surface area contributed by atoms with Crippen molar-refractivity contribution in [2.75, 3.05) is 0 Å². The first-order valence-electron chi connectivity index (χ1n) is 6.47. The Hall–Kier alpha value is -0.530. The van der Waals surface area contributed by atoms with Crippen molar-refractivity contribution in [3.05, 3.63) is 0 Å². The monoisotopic (exact) mass is 209 g/mol. The van der Waals surface area contributed by atoms with Crippen LogP contribution in [-0.2, 0) is 4.79 Å². The van der Waals surface area contributed by atoms with Crippen molar-refractivity contribution in [3.63, 3.8) is 0 Å². The summed E-state index contributed by atoms with van der Waals surface area (Å²) in [5, 5.41) is 3.13. The number of amides is 1. The molecule has 0 radical (unpaired) electrons. The zero-order valence-corrected chi connectivity index (χ0v) is 9.96. The Bertz CT molecular complexity index is 225. The molecule has 0 heterocycles. The maximum absolute atomic E-state index is 11.8. The molecule has 2 aliphatic carbocycles. The van der Waals surface area contributed by atoms with E-state index >= 15 is 0 Å². The van der Waals surface area contributed by atoms with Gasteiger partial charge in [-0.05, 0) is 50.4 Å². The van der Waals surface area contributed by atoms with Crippen molar-refractivity contribution < 1.29 is 4.79 Å². The SMILES string of the molecule is CC(C)[C@H]1CC[C@@H](C(=O)NC2CC2)CC1. The molecule has 0 spiro atoms. The van der Waals surface area contributed by atoms with Gasteiger partial charge in [0.25, 0.3) is 0 Å². The fraction of sp³-hybridized carbons (Fsp3) is 0.923. The molecule has 1 N–H and O–H groups in total. The third-order valence-electron chi connectivity index (χ3n) is 4.01. The highest BCUT2D eigenvalue weighted by molar-refractivity contribution is 5.79. The lowest BCUT2D eigenvalue weighted by Crippen LogP contribution is -2.35. The number of nitrogens with one attached hydrogen (secondary N) is 1. The van der Waals surface area contributed by atoms with Crippen LogP contribution in [0.2, 0.25) is 0 Å². The summed E-state index contributed by atoms with van der Waals surface area (Å²) in [7, 11) is 0. The molecule has 2 saturated carbocycles. The summed E-state index contributed by atoms with van der Waals surface area (Å²) < 4.78 is 0. The van der Waals surface area contributed by atoms with Crippen molar-refractivity contribution in [1.29, 1.82) is 0 Å². The van der Waals surface area contributed by atoms with Crippen molar-refractivity contribution in [2.24, 2.45) is 17.8 Å². The van der Waals surface area contributed by atoms with E-state index in [-0.39, 0.29) is 0 Å². The lowest BCUT2D eigenvalue weighted by molar-refractivity contribution is -0.126. The molecule has 0 aromatic heterocycles. The molecule has 0 aliphatic heterocycles. The van der Waals surface area contributed by atoms with Gasteiger partial charge in [0.15, 0.2) is 0 Å². The quantitative estimate of drug-likeness (QED) is 0.761. The third-order valence-corrected chi connectivity index (χ3v) is 4.01. The highest BCUT2D eigenvalue weighted by Crippen LogP contribution is 2.33. The first-order chi connectivity index (χ1) is 7.16. The van der Waals surface area contributed by atoms with Crippen LogP contribution in [0.25, 0.3) is 0 Å². The minimum absolute atomic E-state index is 0.320. The van der Waals surface area contributed by atoms with E-state index in [4.69, 9.17) is 0 Å². The van der Waals surface area contributed by atoms with Gasteiger partial charge >= 0.3 is 0 Å². The molecule has 0 aromatic rings. The van der Waals surface area contributed by atoms with Gasteiger partial charge in [0.2, 0.25) is 5.91 Å². The Morgan fingerprint density at radius 3 is 2.13 bits per heavy atom. The summed E-state index contributed by atoms with van der Waals surface area (Å²) >= 11 is 0. The number of hydrogen-bond donors (Lipinski definition) is 1. The molecule has 2 fully saturated rings. The summed E-state index contributed by atoms with van der Waals surface area (Å²) in [5.41, 5.74) is 0. The van der Waals surface area contributed by atoms with Crippen LogP contribution in [0, 0.1) is 17.8 Å². The Morgan fingerprint density at radius 1 is 1.07 bits per heavy atom. The average molecular weight is 209 g/mol. The Balaban J connectivity index is 1.74. The minimum Gasteiger partial charge on any atom is -0.353 e. The Labute approximate surface area is 92.8 Å². The van der Waals surface area contributed by atoms with Gasteiger partial charge in [-0.1, -0.05) is 13.8 Å². The Kier molecular flexibility index (Phi) is 3.32. The van der Waals surface area contributed by atoms with Gasteiger partial charge in [-0.15, -0.1) is 0 Å². The molecule has 2 heteroatoms. The maximum Gasteiger partial charge on any atom is 0.223 e. The zero-order chi connectivity index (χ0) is 10.8. The van der Waals surface area contributed by atoms with Crippen LogP contribution in [0.3, 0.4) is 0 Å². The van der Waals surface area contributed by atoms with E-state index in [1.54, 1.807) is 0 Å². The molecule has 0 bridgehead atoms. The lowest BCUT2D eigenvalue weighted by Gasteiger charge is -2.30. The van der Waals surface area contributed by atoms with E-state index in [1.165, 1.54) is 25.7 Å². The molecule has 2 nitrogen and oxygen atoms in total. The third kappa shape index (κ3) is 2.96. The molecule has 0 unspecified atom stereocenters. The largest absolute Gasteiger partial charge is 0.353 e. The molecular formula is C13H23NO. The second kappa shape index (κ2) is 4.54. The van der Waals surface area contributed by atoms with E-state index in [1.807, 2.05) is 0 Å². The van der Waals surface area contributed by atoms with E-state index in [2.05, 4.69) is 19.2 Å². The highest BCUT2D eigenvalue weighted by Gasteiger charge is 2.31. The second-order valence-electron chi connectivity index (χ2n) is 5.64. The van der Waals surface area contributed by atoms with Gasteiger partial charge in [0.1, 0.15) is 0 Å². The minimum atomic E-state index is 0.320. The van der Waals surface area contributed by atoms with Crippen molar-refractivity contribution >= 4 is 5.91 Å². The molecule has 15 heavy (non-hydrogen) atoms. The number of rotatable bonds is 3. The van der Waals surface area contributed by atoms with Crippen molar-refractivity contribution in [3.8, 4) is 0 Å². The first-order valence-corrected chi connectivity index (χ1v) is 6.47. The van der Waals surface area contributed by atoms with Gasteiger partial charge in [-0.3, -0.25) is 4.79 Å². The second-order valence-corrected chi connectivity index (χ2v) is 5.64. The molecule has 0 aromatic carbocycles. The van der Waals surface area contributed by atoms with E-state index < -0.39 is 0 Å². The number of carbonyl (C=O) groups excluding carboxylic acids is 1. The van der Waals surface area contributed by atoms with Crippen molar-refractivity contribution in [2.45, 2.75) is 58.4 Å². The van der Waals surface area contributed by atoms with Crippen LogP contribution >= 0.6 is 0 Å². The van der Waals surface area contributed by atoms with Crippen LogP contribution in [0.15, 0.2) is 0 Å². The molecule has 86 valence electrons. The molecular weight excluding hydrogens is 186 g/mol. The molecule has 0 atom stereocenters. The van der Waals surface area contributed by atoms with Crippen LogP contribution in [0.4, 0.5) is 0 Å². The fourth-order valence-corrected chi connectivity index (χ4v) is 2.59. The fourth-order valence-electron chi connectivity index (χ4n) is 2.59. The predicted octanol–water partition coefficient (Wildman–Crippen LogP) is 2.73. The summed E-state index contributed by atoms with van der Waals surface area (Å²) in [4.78, 5) is 11.8. The van der Waals surface area contributed by atoms with E-state index in [9.17, 15) is 4.79 Å². The van der Waals surface area contributed by atoms with Crippen LogP contribution in [0.1, 0.15) is 52.4 Å². The van der Waals surface area contributed by atoms with Gasteiger partial charge < -0.3 is 5.32 Å². The van der Waals surface area contributed by atoms with E-state index in [0.717, 1.165) is 24.7 Å². The zero-order valence-electron chi connectivity index (χ0n) is 9.96. The van der Waals surface area contributed by atoms with Gasteiger partial charge in [0.05, 0.1) is 0 Å². The molecule has 2 rings (SSSR count). The standard InChI is InChI=1S/C13H23NO/c1-9(2)10-3-5-11(6-4-10)13(15)14-12-7-8-12/h9-12H,3-8H2,1-2H3,(H,14,15)/t10-,11+. The summed E-state index contributed by atoms with van der Waals surface area (Å²) in [6.45, 7) is 4.60. The lowest BCUT2D eigenvalue weighted by atomic mass is 9.77. The average Bonchev–Trinajstić information content (AvgIpc) is 3.02.